The number of nitrogens with zero attached hydrogens (tertiary/aromatic N) is 1. The molecule has 0 aliphatic heterocycles. The Morgan fingerprint density at radius 3 is 2.29 bits per heavy atom. The highest BCUT2D eigenvalue weighted by molar-refractivity contribution is 5.89. The monoisotopic (exact) mass is 384 g/mol. The van der Waals surface area contributed by atoms with Gasteiger partial charge in [0.05, 0.1) is 0 Å². The molecule has 28 heavy (non-hydrogen) atoms. The fourth-order valence-corrected chi connectivity index (χ4v) is 5.15. The first-order chi connectivity index (χ1) is 13.7. The molecular formula is C25H40N2O. The minimum atomic E-state index is 0.0345. The predicted octanol–water partition coefficient (Wildman–Crippen LogP) is 7.34. The molecule has 0 atom stereocenters. The summed E-state index contributed by atoms with van der Waals surface area (Å²) in [7, 11) is 1.94. The number of hydrogen-bond acceptors (Lipinski definition) is 1. The van der Waals surface area contributed by atoms with Crippen molar-refractivity contribution < 1.29 is 4.79 Å². The molecule has 0 heterocycles. The fraction of sp³-hybridized carbons (Fsp3) is 0.720. The van der Waals surface area contributed by atoms with Crippen LogP contribution in [0.3, 0.4) is 0 Å². The smallest absolute Gasteiger partial charge is 0.321 e. The maximum absolute atomic E-state index is 12.6. The van der Waals surface area contributed by atoms with Gasteiger partial charge in [0.2, 0.25) is 0 Å². The molecule has 1 aromatic carbocycles. The van der Waals surface area contributed by atoms with Gasteiger partial charge in [-0.25, -0.2) is 4.79 Å². The summed E-state index contributed by atoms with van der Waals surface area (Å²) in [6, 6.07) is 9.09. The number of nitrogens with one attached hydrogen (secondary N) is 1. The van der Waals surface area contributed by atoms with Crippen LogP contribution in [0.2, 0.25) is 0 Å². The molecule has 0 radical (unpaired) electrons. The molecule has 2 fully saturated rings. The standard InChI is InChI=1S/C25H40N2O/c1-3-4-6-9-20-12-14-21(15-13-20)22-16-18-23(19-17-22)26-25(28)27(2)24-10-7-5-8-11-24/h16-21,24H,3-15H2,1-2H3,(H,26,28). The predicted molar refractivity (Wildman–Crippen MR) is 119 cm³/mol. The second-order valence-corrected chi connectivity index (χ2v) is 9.17. The normalized spacial score (nSPS) is 23.4. The van der Waals surface area contributed by atoms with Gasteiger partial charge in [0, 0.05) is 18.8 Å². The van der Waals surface area contributed by atoms with E-state index in [2.05, 4.69) is 36.5 Å². The molecular weight excluding hydrogens is 344 g/mol. The Morgan fingerprint density at radius 2 is 1.64 bits per heavy atom. The highest BCUT2D eigenvalue weighted by atomic mass is 16.2. The van der Waals surface area contributed by atoms with E-state index in [4.69, 9.17) is 0 Å². The van der Waals surface area contributed by atoms with E-state index in [1.165, 1.54) is 76.2 Å². The van der Waals surface area contributed by atoms with Crippen LogP contribution in [0, 0.1) is 5.92 Å². The molecule has 2 saturated carbocycles. The number of urea groups is 1. The molecule has 0 bridgehead atoms. The van der Waals surface area contributed by atoms with E-state index >= 15 is 0 Å². The molecule has 156 valence electrons. The Kier molecular flexibility index (Phi) is 8.24. The van der Waals surface area contributed by atoms with E-state index in [0.29, 0.717) is 12.0 Å². The lowest BCUT2D eigenvalue weighted by Crippen LogP contribution is -2.40. The van der Waals surface area contributed by atoms with Gasteiger partial charge in [-0.2, -0.15) is 0 Å². The van der Waals surface area contributed by atoms with Crippen LogP contribution in [-0.4, -0.2) is 24.0 Å². The summed E-state index contributed by atoms with van der Waals surface area (Å²) in [6.07, 6.45) is 17.1. The van der Waals surface area contributed by atoms with Crippen molar-refractivity contribution in [1.82, 2.24) is 4.90 Å². The third kappa shape index (κ3) is 5.99. The van der Waals surface area contributed by atoms with Crippen molar-refractivity contribution in [1.29, 1.82) is 0 Å². The minimum Gasteiger partial charge on any atom is -0.325 e. The number of rotatable bonds is 7. The van der Waals surface area contributed by atoms with Crippen molar-refractivity contribution in [2.45, 2.75) is 102 Å². The molecule has 1 N–H and O–H groups in total. The summed E-state index contributed by atoms with van der Waals surface area (Å²) >= 11 is 0. The minimum absolute atomic E-state index is 0.0345. The summed E-state index contributed by atoms with van der Waals surface area (Å²) in [5.41, 5.74) is 2.37. The highest BCUT2D eigenvalue weighted by Crippen LogP contribution is 2.38. The summed E-state index contributed by atoms with van der Waals surface area (Å²) in [4.78, 5) is 14.5. The second kappa shape index (κ2) is 10.9. The van der Waals surface area contributed by atoms with Gasteiger partial charge in [0.15, 0.2) is 0 Å². The molecule has 0 saturated heterocycles. The van der Waals surface area contributed by atoms with Crippen LogP contribution < -0.4 is 5.32 Å². The van der Waals surface area contributed by atoms with Gasteiger partial charge in [0.25, 0.3) is 0 Å². The van der Waals surface area contributed by atoms with Crippen LogP contribution in [0.1, 0.15) is 102 Å². The first kappa shape index (κ1) is 21.2. The molecule has 2 aliphatic carbocycles. The van der Waals surface area contributed by atoms with E-state index in [-0.39, 0.29) is 6.03 Å². The number of amides is 2. The third-order valence-corrected chi connectivity index (χ3v) is 7.14. The van der Waals surface area contributed by atoms with E-state index in [1.807, 2.05) is 11.9 Å². The van der Waals surface area contributed by atoms with E-state index in [1.54, 1.807) is 0 Å². The van der Waals surface area contributed by atoms with Crippen molar-refractivity contribution in [3.05, 3.63) is 29.8 Å². The zero-order valence-corrected chi connectivity index (χ0v) is 18.1. The fourth-order valence-electron chi connectivity index (χ4n) is 5.15. The maximum Gasteiger partial charge on any atom is 0.321 e. The van der Waals surface area contributed by atoms with E-state index < -0.39 is 0 Å². The largest absolute Gasteiger partial charge is 0.325 e. The van der Waals surface area contributed by atoms with Gasteiger partial charge >= 0.3 is 6.03 Å². The molecule has 0 aromatic heterocycles. The summed E-state index contributed by atoms with van der Waals surface area (Å²) in [6.45, 7) is 2.29. The lowest BCUT2D eigenvalue weighted by atomic mass is 9.77. The highest BCUT2D eigenvalue weighted by Gasteiger charge is 2.23. The first-order valence-corrected chi connectivity index (χ1v) is 11.8. The topological polar surface area (TPSA) is 32.3 Å². The van der Waals surface area contributed by atoms with Crippen molar-refractivity contribution in [3.63, 3.8) is 0 Å². The van der Waals surface area contributed by atoms with E-state index in [9.17, 15) is 4.79 Å². The van der Waals surface area contributed by atoms with Crippen LogP contribution in [0.15, 0.2) is 24.3 Å². The summed E-state index contributed by atoms with van der Waals surface area (Å²) in [5, 5.41) is 3.09. The number of carbonyl (C=O) groups excluding carboxylic acids is 1. The molecule has 3 nitrogen and oxygen atoms in total. The number of hydrogen-bond donors (Lipinski definition) is 1. The van der Waals surface area contributed by atoms with Gasteiger partial charge < -0.3 is 10.2 Å². The number of benzene rings is 1. The first-order valence-electron chi connectivity index (χ1n) is 11.8. The molecule has 0 spiro atoms. The van der Waals surface area contributed by atoms with Crippen LogP contribution in [0.4, 0.5) is 10.5 Å². The van der Waals surface area contributed by atoms with Gasteiger partial charge in [-0.1, -0.05) is 64.0 Å². The van der Waals surface area contributed by atoms with Crippen LogP contribution in [0.25, 0.3) is 0 Å². The van der Waals surface area contributed by atoms with Crippen molar-refractivity contribution in [2.75, 3.05) is 12.4 Å². The van der Waals surface area contributed by atoms with Crippen molar-refractivity contribution in [2.24, 2.45) is 5.92 Å². The molecule has 3 rings (SSSR count). The Balaban J connectivity index is 1.45. The number of anilines is 1. The molecule has 0 unspecified atom stereocenters. The Morgan fingerprint density at radius 1 is 0.964 bits per heavy atom. The van der Waals surface area contributed by atoms with Crippen LogP contribution in [0.5, 0.6) is 0 Å². The van der Waals surface area contributed by atoms with E-state index in [0.717, 1.165) is 24.4 Å². The Labute approximate surface area is 172 Å². The lowest BCUT2D eigenvalue weighted by molar-refractivity contribution is 0.186. The number of unbranched alkanes of at least 4 members (excludes halogenated alkanes) is 2. The molecule has 1 aromatic rings. The average Bonchev–Trinajstić information content (AvgIpc) is 2.75. The Hall–Kier alpha value is -1.51. The van der Waals surface area contributed by atoms with Gasteiger partial charge in [-0.05, 0) is 68.1 Å². The number of carbonyl (C=O) groups is 1. The quantitative estimate of drug-likeness (QED) is 0.490. The van der Waals surface area contributed by atoms with Gasteiger partial charge in [-0.15, -0.1) is 0 Å². The maximum atomic E-state index is 12.6. The van der Waals surface area contributed by atoms with Crippen molar-refractivity contribution in [3.8, 4) is 0 Å². The SMILES string of the molecule is CCCCCC1CCC(c2ccc(NC(=O)N(C)C3CCCCC3)cc2)CC1. The Bertz CT molecular complexity index is 583. The lowest BCUT2D eigenvalue weighted by Gasteiger charge is -2.31. The third-order valence-electron chi connectivity index (χ3n) is 7.14. The zero-order chi connectivity index (χ0) is 19.8. The van der Waals surface area contributed by atoms with Gasteiger partial charge in [-0.3, -0.25) is 0 Å². The summed E-state index contributed by atoms with van der Waals surface area (Å²) in [5.74, 6) is 1.66. The average molecular weight is 385 g/mol. The zero-order valence-electron chi connectivity index (χ0n) is 18.1. The van der Waals surface area contributed by atoms with Crippen LogP contribution >= 0.6 is 0 Å². The van der Waals surface area contributed by atoms with Crippen molar-refractivity contribution >= 4 is 11.7 Å². The summed E-state index contributed by atoms with van der Waals surface area (Å²) < 4.78 is 0. The van der Waals surface area contributed by atoms with Gasteiger partial charge in [0.1, 0.15) is 0 Å². The second-order valence-electron chi connectivity index (χ2n) is 9.17. The molecule has 2 aliphatic rings. The molecule has 3 heteroatoms. The molecule has 2 amide bonds. The van der Waals surface area contributed by atoms with Crippen LogP contribution in [-0.2, 0) is 0 Å².